The van der Waals surface area contributed by atoms with E-state index in [2.05, 4.69) is 0 Å². The number of nitrogens with zero attached hydrogens (tertiary/aromatic N) is 2. The van der Waals surface area contributed by atoms with Crippen LogP contribution in [-0.4, -0.2) is 52.1 Å². The van der Waals surface area contributed by atoms with Crippen LogP contribution in [0.3, 0.4) is 0 Å². The Morgan fingerprint density at radius 1 is 1.04 bits per heavy atom. The van der Waals surface area contributed by atoms with Crippen molar-refractivity contribution < 1.29 is 17.9 Å². The van der Waals surface area contributed by atoms with Gasteiger partial charge < -0.3 is 9.64 Å². The molecule has 1 amide bonds. The van der Waals surface area contributed by atoms with Gasteiger partial charge in [-0.05, 0) is 36.2 Å². The Labute approximate surface area is 160 Å². The van der Waals surface area contributed by atoms with Crippen molar-refractivity contribution in [2.24, 2.45) is 0 Å². The van der Waals surface area contributed by atoms with Gasteiger partial charge >= 0.3 is 0 Å². The second-order valence-electron chi connectivity index (χ2n) is 6.34. The first kappa shape index (κ1) is 19.4. The van der Waals surface area contributed by atoms with Gasteiger partial charge in [-0.1, -0.05) is 37.3 Å². The number of hydrogen-bond acceptors (Lipinski definition) is 4. The van der Waals surface area contributed by atoms with Crippen LogP contribution in [0.25, 0.3) is 0 Å². The van der Waals surface area contributed by atoms with Crippen LogP contribution in [0, 0.1) is 0 Å². The number of hydrogen-bond donors (Lipinski definition) is 0. The maximum Gasteiger partial charge on any atom is 0.264 e. The number of rotatable bonds is 6. The number of morpholine rings is 1. The second kappa shape index (κ2) is 8.54. The second-order valence-corrected chi connectivity index (χ2v) is 8.20. The normalized spacial score (nSPS) is 14.8. The fraction of sp³-hybridized carbons (Fsp3) is 0.350. The van der Waals surface area contributed by atoms with Crippen LogP contribution >= 0.6 is 0 Å². The zero-order valence-electron chi connectivity index (χ0n) is 15.4. The van der Waals surface area contributed by atoms with Gasteiger partial charge in [-0.2, -0.15) is 0 Å². The first-order chi connectivity index (χ1) is 13.0. The highest BCUT2D eigenvalue weighted by Crippen LogP contribution is 2.24. The lowest BCUT2D eigenvalue weighted by atomic mass is 10.1. The Balaban J connectivity index is 1.94. The van der Waals surface area contributed by atoms with Gasteiger partial charge in [-0.15, -0.1) is 0 Å². The molecule has 1 saturated heterocycles. The molecule has 0 bridgehead atoms. The number of ether oxygens (including phenoxy) is 1. The minimum absolute atomic E-state index is 0.166. The van der Waals surface area contributed by atoms with Gasteiger partial charge in [0.15, 0.2) is 0 Å². The molecule has 1 fully saturated rings. The number of carbonyl (C=O) groups is 1. The molecule has 1 heterocycles. The molecule has 3 rings (SSSR count). The van der Waals surface area contributed by atoms with Gasteiger partial charge in [-0.25, -0.2) is 8.42 Å². The van der Waals surface area contributed by atoms with Crippen molar-refractivity contribution in [2.45, 2.75) is 18.2 Å². The largest absolute Gasteiger partial charge is 0.378 e. The molecule has 0 N–H and O–H groups in total. The third-order valence-corrected chi connectivity index (χ3v) is 6.39. The highest BCUT2D eigenvalue weighted by molar-refractivity contribution is 7.92. The average Bonchev–Trinajstić information content (AvgIpc) is 2.73. The standard InChI is InChI=1S/C20H24N2O4S/c1-2-17-8-10-18(11-9-17)22(16-20(23)21-12-14-26-15-13-21)27(24,25)19-6-4-3-5-7-19/h3-11H,2,12-16H2,1H3. The molecule has 27 heavy (non-hydrogen) atoms. The predicted octanol–water partition coefficient (Wildman–Crippen LogP) is 2.30. The van der Waals surface area contributed by atoms with Crippen molar-refractivity contribution >= 4 is 21.6 Å². The molecule has 0 spiro atoms. The Hall–Kier alpha value is -2.38. The third kappa shape index (κ3) is 4.48. The van der Waals surface area contributed by atoms with Gasteiger partial charge in [0.05, 0.1) is 23.8 Å². The first-order valence-corrected chi connectivity index (χ1v) is 10.5. The maximum absolute atomic E-state index is 13.2. The van der Waals surface area contributed by atoms with Crippen molar-refractivity contribution in [3.8, 4) is 0 Å². The summed E-state index contributed by atoms with van der Waals surface area (Å²) in [6, 6.07) is 15.5. The fourth-order valence-corrected chi connectivity index (χ4v) is 4.40. The Bertz CT molecular complexity index is 861. The highest BCUT2D eigenvalue weighted by Gasteiger charge is 2.29. The molecule has 7 heteroatoms. The number of amides is 1. The lowest BCUT2D eigenvalue weighted by Crippen LogP contribution is -2.47. The van der Waals surface area contributed by atoms with E-state index >= 15 is 0 Å². The monoisotopic (exact) mass is 388 g/mol. The molecular weight excluding hydrogens is 364 g/mol. The molecular formula is C20H24N2O4S. The summed E-state index contributed by atoms with van der Waals surface area (Å²) in [6.07, 6.45) is 0.860. The summed E-state index contributed by atoms with van der Waals surface area (Å²) < 4.78 is 32.9. The van der Waals surface area contributed by atoms with Crippen molar-refractivity contribution in [2.75, 3.05) is 37.2 Å². The molecule has 1 aliphatic rings. The van der Waals surface area contributed by atoms with E-state index in [-0.39, 0.29) is 17.3 Å². The highest BCUT2D eigenvalue weighted by atomic mass is 32.2. The molecule has 0 atom stereocenters. The van der Waals surface area contributed by atoms with E-state index in [1.54, 1.807) is 47.4 Å². The first-order valence-electron chi connectivity index (χ1n) is 9.04. The molecule has 0 radical (unpaired) electrons. The molecule has 0 aliphatic carbocycles. The van der Waals surface area contributed by atoms with E-state index in [1.807, 2.05) is 19.1 Å². The van der Waals surface area contributed by atoms with Crippen LogP contribution in [0.4, 0.5) is 5.69 Å². The summed E-state index contributed by atoms with van der Waals surface area (Å²) in [6.45, 7) is 3.71. The van der Waals surface area contributed by atoms with Crippen LogP contribution < -0.4 is 4.31 Å². The zero-order valence-corrected chi connectivity index (χ0v) is 16.2. The van der Waals surface area contributed by atoms with Crippen LogP contribution in [0.2, 0.25) is 0 Å². The lowest BCUT2D eigenvalue weighted by Gasteiger charge is -2.30. The molecule has 2 aromatic rings. The smallest absolute Gasteiger partial charge is 0.264 e. The van der Waals surface area contributed by atoms with Gasteiger partial charge in [0, 0.05) is 13.1 Å². The van der Waals surface area contributed by atoms with Crippen LogP contribution in [0.15, 0.2) is 59.5 Å². The quantitative estimate of drug-likeness (QED) is 0.762. The van der Waals surface area contributed by atoms with Crippen molar-refractivity contribution in [3.05, 3.63) is 60.2 Å². The van der Waals surface area contributed by atoms with Gasteiger partial charge in [0.25, 0.3) is 10.0 Å². The van der Waals surface area contributed by atoms with E-state index in [0.29, 0.717) is 32.0 Å². The summed E-state index contributed by atoms with van der Waals surface area (Å²) >= 11 is 0. The summed E-state index contributed by atoms with van der Waals surface area (Å²) in [5.74, 6) is -0.225. The van der Waals surface area contributed by atoms with Crippen LogP contribution in [-0.2, 0) is 26.0 Å². The minimum Gasteiger partial charge on any atom is -0.378 e. The average molecular weight is 388 g/mol. The van der Waals surface area contributed by atoms with Crippen LogP contribution in [0.1, 0.15) is 12.5 Å². The summed E-state index contributed by atoms with van der Waals surface area (Å²) in [7, 11) is -3.85. The molecule has 0 unspecified atom stereocenters. The third-order valence-electron chi connectivity index (χ3n) is 4.61. The van der Waals surface area contributed by atoms with Crippen molar-refractivity contribution in [1.82, 2.24) is 4.90 Å². The van der Waals surface area contributed by atoms with E-state index in [4.69, 9.17) is 4.74 Å². The Morgan fingerprint density at radius 3 is 2.26 bits per heavy atom. The Morgan fingerprint density at radius 2 is 1.67 bits per heavy atom. The molecule has 144 valence electrons. The zero-order chi connectivity index (χ0) is 19.3. The predicted molar refractivity (Wildman–Crippen MR) is 104 cm³/mol. The molecule has 0 saturated carbocycles. The minimum atomic E-state index is -3.85. The summed E-state index contributed by atoms with van der Waals surface area (Å²) in [5, 5.41) is 0. The number of carbonyl (C=O) groups excluding carboxylic acids is 1. The number of benzene rings is 2. The molecule has 2 aromatic carbocycles. The molecule has 1 aliphatic heterocycles. The topological polar surface area (TPSA) is 66.9 Å². The lowest BCUT2D eigenvalue weighted by molar-refractivity contribution is -0.133. The van der Waals surface area contributed by atoms with E-state index in [9.17, 15) is 13.2 Å². The van der Waals surface area contributed by atoms with E-state index < -0.39 is 10.0 Å². The van der Waals surface area contributed by atoms with Crippen LogP contribution in [0.5, 0.6) is 0 Å². The van der Waals surface area contributed by atoms with Gasteiger partial charge in [-0.3, -0.25) is 9.10 Å². The van der Waals surface area contributed by atoms with E-state index in [1.165, 1.54) is 4.31 Å². The summed E-state index contributed by atoms with van der Waals surface area (Å²) in [5.41, 5.74) is 1.59. The number of sulfonamides is 1. The number of anilines is 1. The van der Waals surface area contributed by atoms with E-state index in [0.717, 1.165) is 12.0 Å². The SMILES string of the molecule is CCc1ccc(N(CC(=O)N2CCOCC2)S(=O)(=O)c2ccccc2)cc1. The molecule has 6 nitrogen and oxygen atoms in total. The van der Waals surface area contributed by atoms with Gasteiger partial charge in [0.2, 0.25) is 5.91 Å². The van der Waals surface area contributed by atoms with Crippen molar-refractivity contribution in [1.29, 1.82) is 0 Å². The Kier molecular flexibility index (Phi) is 6.13. The van der Waals surface area contributed by atoms with Gasteiger partial charge in [0.1, 0.15) is 6.54 Å². The number of aryl methyl sites for hydroxylation is 1. The maximum atomic E-state index is 13.2. The molecule has 0 aromatic heterocycles. The van der Waals surface area contributed by atoms with Crippen molar-refractivity contribution in [3.63, 3.8) is 0 Å². The summed E-state index contributed by atoms with van der Waals surface area (Å²) in [4.78, 5) is 14.6. The fourth-order valence-electron chi connectivity index (χ4n) is 2.97.